The molecule has 2 aliphatic rings. The van der Waals surface area contributed by atoms with E-state index in [1.165, 1.54) is 0 Å². The Morgan fingerprint density at radius 3 is 2.91 bits per heavy atom. The Balaban J connectivity index is 1.29. The number of fused-ring (bicyclic) bond motifs is 1. The molecule has 178 valence electrons. The summed E-state index contributed by atoms with van der Waals surface area (Å²) in [5.74, 6) is 0.310. The second-order valence-corrected chi connectivity index (χ2v) is 10.0. The minimum absolute atomic E-state index is 0.0523. The predicted molar refractivity (Wildman–Crippen MR) is 126 cm³/mol. The van der Waals surface area contributed by atoms with Gasteiger partial charge in [-0.15, -0.1) is 0 Å². The van der Waals surface area contributed by atoms with Crippen molar-refractivity contribution in [1.82, 2.24) is 20.5 Å². The lowest BCUT2D eigenvalue weighted by molar-refractivity contribution is -0.137. The van der Waals surface area contributed by atoms with Gasteiger partial charge < -0.3 is 25.6 Å². The summed E-state index contributed by atoms with van der Waals surface area (Å²) in [6.07, 6.45) is 8.86. The van der Waals surface area contributed by atoms with Crippen LogP contribution in [0.25, 0.3) is 0 Å². The topological polar surface area (TPSA) is 112 Å². The van der Waals surface area contributed by atoms with Gasteiger partial charge in [0.1, 0.15) is 0 Å². The number of hydrogen-bond donors (Lipinski definition) is 4. The van der Waals surface area contributed by atoms with Crippen molar-refractivity contribution >= 4 is 29.7 Å². The largest absolute Gasteiger partial charge is 0.481 e. The molecule has 0 radical (unpaired) electrons. The number of amides is 3. The molecule has 0 spiro atoms. The normalized spacial score (nSPS) is 22.8. The number of carbonyl (C=O) groups is 3. The molecule has 3 rings (SSSR count). The van der Waals surface area contributed by atoms with Crippen molar-refractivity contribution in [3.8, 4) is 0 Å². The summed E-state index contributed by atoms with van der Waals surface area (Å²) < 4.78 is 2.12. The number of unbranched alkanes of at least 4 members (excludes halogenated alkanes) is 1. The molecule has 1 aromatic rings. The van der Waals surface area contributed by atoms with E-state index in [1.807, 2.05) is 30.1 Å². The van der Waals surface area contributed by atoms with Crippen molar-refractivity contribution in [2.24, 2.45) is 0 Å². The van der Waals surface area contributed by atoms with Crippen molar-refractivity contribution in [2.45, 2.75) is 94.6 Å². The quantitative estimate of drug-likeness (QED) is 0.250. The lowest BCUT2D eigenvalue weighted by atomic mass is 10.0. The van der Waals surface area contributed by atoms with Gasteiger partial charge in [-0.3, -0.25) is 9.59 Å². The molecule has 4 unspecified atom stereocenters. The van der Waals surface area contributed by atoms with Crippen LogP contribution in [0.2, 0.25) is 0 Å². The van der Waals surface area contributed by atoms with Gasteiger partial charge in [-0.1, -0.05) is 13.3 Å². The first-order chi connectivity index (χ1) is 15.5. The van der Waals surface area contributed by atoms with Crippen molar-refractivity contribution in [3.63, 3.8) is 0 Å². The van der Waals surface area contributed by atoms with E-state index < -0.39 is 5.97 Å². The van der Waals surface area contributed by atoms with Crippen LogP contribution in [0.3, 0.4) is 0 Å². The molecule has 9 heteroatoms. The van der Waals surface area contributed by atoms with E-state index in [0.29, 0.717) is 18.1 Å². The van der Waals surface area contributed by atoms with Crippen LogP contribution in [0.1, 0.15) is 64.0 Å². The molecule has 2 aliphatic heterocycles. The number of rotatable bonds is 14. The SMILES string of the molecule is CCC(CCCn1cccc1CCC(=O)O)NC(=O)CCCCC1SCC2NC(=O)NC21. The summed E-state index contributed by atoms with van der Waals surface area (Å²) in [6.45, 7) is 2.93. The number of hydrogen-bond acceptors (Lipinski definition) is 4. The molecule has 1 aromatic heterocycles. The highest BCUT2D eigenvalue weighted by atomic mass is 32.2. The molecular formula is C23H36N4O4S. The van der Waals surface area contributed by atoms with Gasteiger partial charge in [0.25, 0.3) is 0 Å². The summed E-state index contributed by atoms with van der Waals surface area (Å²) in [7, 11) is 0. The number of nitrogens with zero attached hydrogens (tertiary/aromatic N) is 1. The molecule has 4 atom stereocenters. The standard InChI is InChI=1S/C23H36N4O4S/c1-2-16(7-5-13-27-14-6-8-17(27)11-12-21(29)30)24-20(28)10-4-3-9-19-22-18(15-32-19)25-23(31)26-22/h6,8,14,16,18-19,22H,2-5,7,9-13,15H2,1H3,(H,24,28)(H,29,30)(H2,25,26,31). The maximum atomic E-state index is 12.4. The van der Waals surface area contributed by atoms with Crippen LogP contribution in [0.15, 0.2) is 18.3 Å². The maximum absolute atomic E-state index is 12.4. The summed E-state index contributed by atoms with van der Waals surface area (Å²) in [5.41, 5.74) is 1.05. The molecule has 8 nitrogen and oxygen atoms in total. The van der Waals surface area contributed by atoms with Gasteiger partial charge in [-0.05, 0) is 50.7 Å². The number of nitrogens with one attached hydrogen (secondary N) is 3. The van der Waals surface area contributed by atoms with Gasteiger partial charge in [0.15, 0.2) is 0 Å². The van der Waals surface area contributed by atoms with Crippen LogP contribution in [0.4, 0.5) is 4.79 Å². The van der Waals surface area contributed by atoms with E-state index in [-0.39, 0.29) is 36.5 Å². The number of aryl methyl sites for hydroxylation is 2. The summed E-state index contributed by atoms with van der Waals surface area (Å²) in [5, 5.41) is 18.5. The van der Waals surface area contributed by atoms with Crippen LogP contribution in [0.5, 0.6) is 0 Å². The molecule has 3 heterocycles. The molecule has 3 amide bonds. The summed E-state index contributed by atoms with van der Waals surface area (Å²) >= 11 is 1.91. The van der Waals surface area contributed by atoms with Gasteiger partial charge in [0, 0.05) is 41.9 Å². The monoisotopic (exact) mass is 464 g/mol. The fraction of sp³-hybridized carbons (Fsp3) is 0.696. The third-order valence-corrected chi connectivity index (χ3v) is 7.92. The lowest BCUT2D eigenvalue weighted by Gasteiger charge is -2.18. The first-order valence-corrected chi connectivity index (χ1v) is 12.8. The Morgan fingerprint density at radius 2 is 2.12 bits per heavy atom. The van der Waals surface area contributed by atoms with E-state index in [0.717, 1.165) is 56.5 Å². The van der Waals surface area contributed by atoms with E-state index in [2.05, 4.69) is 27.4 Å². The third-order valence-electron chi connectivity index (χ3n) is 6.41. The zero-order chi connectivity index (χ0) is 22.9. The number of thioether (sulfide) groups is 1. The highest BCUT2D eigenvalue weighted by molar-refractivity contribution is 8.00. The molecule has 4 N–H and O–H groups in total. The van der Waals surface area contributed by atoms with Gasteiger partial charge in [0.2, 0.25) is 5.91 Å². The van der Waals surface area contributed by atoms with Crippen molar-refractivity contribution < 1.29 is 19.5 Å². The summed E-state index contributed by atoms with van der Waals surface area (Å²) in [6, 6.07) is 4.54. The second-order valence-electron chi connectivity index (χ2n) is 8.77. The molecule has 2 saturated heterocycles. The minimum atomic E-state index is -0.778. The van der Waals surface area contributed by atoms with E-state index in [1.54, 1.807) is 0 Å². The van der Waals surface area contributed by atoms with E-state index in [4.69, 9.17) is 5.11 Å². The number of carbonyl (C=O) groups excluding carboxylic acids is 2. The van der Waals surface area contributed by atoms with Crippen LogP contribution in [0, 0.1) is 0 Å². The fourth-order valence-electron chi connectivity index (χ4n) is 4.59. The Hall–Kier alpha value is -2.16. The summed E-state index contributed by atoms with van der Waals surface area (Å²) in [4.78, 5) is 34.6. The van der Waals surface area contributed by atoms with Crippen molar-refractivity contribution in [3.05, 3.63) is 24.0 Å². The number of urea groups is 1. The van der Waals surface area contributed by atoms with Crippen molar-refractivity contribution in [2.75, 3.05) is 5.75 Å². The number of carboxylic acid groups (broad SMARTS) is 1. The molecule has 2 fully saturated rings. The highest BCUT2D eigenvalue weighted by Gasteiger charge is 2.42. The maximum Gasteiger partial charge on any atom is 0.315 e. The fourth-order valence-corrected chi connectivity index (χ4v) is 6.13. The van der Waals surface area contributed by atoms with Gasteiger partial charge >= 0.3 is 12.0 Å². The van der Waals surface area contributed by atoms with Gasteiger partial charge in [0.05, 0.1) is 18.5 Å². The van der Waals surface area contributed by atoms with Crippen LogP contribution in [-0.2, 0) is 22.6 Å². The second kappa shape index (κ2) is 12.2. The van der Waals surface area contributed by atoms with E-state index >= 15 is 0 Å². The molecule has 0 saturated carbocycles. The van der Waals surface area contributed by atoms with Crippen LogP contribution in [-0.4, -0.2) is 56.7 Å². The molecule has 0 bridgehead atoms. The number of carboxylic acids is 1. The first kappa shape index (κ1) is 24.5. The van der Waals surface area contributed by atoms with Crippen LogP contribution < -0.4 is 16.0 Å². The van der Waals surface area contributed by atoms with Crippen LogP contribution >= 0.6 is 11.8 Å². The smallest absolute Gasteiger partial charge is 0.315 e. The Kier molecular flexibility index (Phi) is 9.32. The average Bonchev–Trinajstić information content (AvgIpc) is 3.45. The highest BCUT2D eigenvalue weighted by Crippen LogP contribution is 2.33. The van der Waals surface area contributed by atoms with Gasteiger partial charge in [-0.2, -0.15) is 11.8 Å². The molecule has 32 heavy (non-hydrogen) atoms. The molecular weight excluding hydrogens is 428 g/mol. The zero-order valence-corrected chi connectivity index (χ0v) is 19.7. The Morgan fingerprint density at radius 1 is 1.28 bits per heavy atom. The predicted octanol–water partition coefficient (Wildman–Crippen LogP) is 2.91. The van der Waals surface area contributed by atoms with E-state index in [9.17, 15) is 14.4 Å². The minimum Gasteiger partial charge on any atom is -0.481 e. The van der Waals surface area contributed by atoms with Gasteiger partial charge in [-0.25, -0.2) is 4.79 Å². The Labute approximate surface area is 194 Å². The van der Waals surface area contributed by atoms with Crippen molar-refractivity contribution in [1.29, 1.82) is 0 Å². The third kappa shape index (κ3) is 7.18. The number of aliphatic carboxylic acids is 1. The lowest BCUT2D eigenvalue weighted by Crippen LogP contribution is -2.37. The molecule has 0 aliphatic carbocycles. The molecule has 0 aromatic carbocycles. The first-order valence-electron chi connectivity index (χ1n) is 11.8. The zero-order valence-electron chi connectivity index (χ0n) is 18.8. The number of aromatic nitrogens is 1. The average molecular weight is 465 g/mol. The Bertz CT molecular complexity index is 784.